The van der Waals surface area contributed by atoms with Crippen LogP contribution < -0.4 is 4.73 Å². The van der Waals surface area contributed by atoms with Crippen LogP contribution in [0.15, 0.2) is 53.4 Å². The van der Waals surface area contributed by atoms with Gasteiger partial charge in [0.1, 0.15) is 11.3 Å². The Labute approximate surface area is 138 Å². The van der Waals surface area contributed by atoms with Crippen molar-refractivity contribution in [3.05, 3.63) is 65.9 Å². The van der Waals surface area contributed by atoms with Crippen molar-refractivity contribution >= 4 is 11.0 Å². The van der Waals surface area contributed by atoms with Crippen LogP contribution >= 0.6 is 0 Å². The van der Waals surface area contributed by atoms with Crippen molar-refractivity contribution in [3.8, 4) is 11.3 Å². The second-order valence-electron chi connectivity index (χ2n) is 5.83. The fourth-order valence-corrected chi connectivity index (χ4v) is 2.99. The average molecular weight is 321 g/mol. The maximum atomic E-state index is 10.3. The van der Waals surface area contributed by atoms with Gasteiger partial charge in [0.25, 0.3) is 11.9 Å². The van der Waals surface area contributed by atoms with Gasteiger partial charge in [-0.15, -0.1) is 0 Å². The SMILES string of the molecule is Cc1noc(C)c1-c1cc2c(c[n+]1O)ncn2Cc1ccccc1. The Morgan fingerprint density at radius 2 is 2.00 bits per heavy atom. The van der Waals surface area contributed by atoms with Crippen LogP contribution in [-0.4, -0.2) is 19.9 Å². The molecular formula is C18H17N4O2+. The summed E-state index contributed by atoms with van der Waals surface area (Å²) in [6.45, 7) is 4.41. The Balaban J connectivity index is 1.86. The third-order valence-electron chi connectivity index (χ3n) is 4.16. The van der Waals surface area contributed by atoms with Crippen molar-refractivity contribution in [2.24, 2.45) is 0 Å². The number of nitrogens with zero attached hydrogens (tertiary/aromatic N) is 4. The number of benzene rings is 1. The van der Waals surface area contributed by atoms with E-state index >= 15 is 0 Å². The van der Waals surface area contributed by atoms with E-state index < -0.39 is 0 Å². The van der Waals surface area contributed by atoms with Crippen LogP contribution in [0.5, 0.6) is 0 Å². The molecule has 0 unspecified atom stereocenters. The Hall–Kier alpha value is -3.15. The number of imidazole rings is 1. The summed E-state index contributed by atoms with van der Waals surface area (Å²) >= 11 is 0. The molecule has 0 saturated carbocycles. The van der Waals surface area contributed by atoms with Gasteiger partial charge in [-0.25, -0.2) is 4.98 Å². The van der Waals surface area contributed by atoms with Gasteiger partial charge in [-0.05, 0) is 19.4 Å². The molecule has 6 nitrogen and oxygen atoms in total. The first-order valence-corrected chi connectivity index (χ1v) is 7.70. The molecule has 6 heteroatoms. The lowest BCUT2D eigenvalue weighted by Crippen LogP contribution is -2.32. The molecule has 0 radical (unpaired) electrons. The fourth-order valence-electron chi connectivity index (χ4n) is 2.99. The zero-order chi connectivity index (χ0) is 16.7. The van der Waals surface area contributed by atoms with Crippen LogP contribution in [0.25, 0.3) is 22.3 Å². The van der Waals surface area contributed by atoms with E-state index in [0.717, 1.165) is 27.0 Å². The summed E-state index contributed by atoms with van der Waals surface area (Å²) in [5.74, 6) is 0.670. The van der Waals surface area contributed by atoms with Gasteiger partial charge in [-0.2, -0.15) is 0 Å². The largest absolute Gasteiger partial charge is 0.361 e. The Morgan fingerprint density at radius 1 is 1.21 bits per heavy atom. The number of pyridine rings is 1. The number of aromatic nitrogens is 4. The summed E-state index contributed by atoms with van der Waals surface area (Å²) in [4.78, 5) is 4.39. The van der Waals surface area contributed by atoms with Crippen LogP contribution in [-0.2, 0) is 6.54 Å². The summed E-state index contributed by atoms with van der Waals surface area (Å²) in [6, 6.07) is 12.1. The molecule has 1 N–H and O–H groups in total. The summed E-state index contributed by atoms with van der Waals surface area (Å²) < 4.78 is 8.37. The molecule has 24 heavy (non-hydrogen) atoms. The zero-order valence-electron chi connectivity index (χ0n) is 13.5. The maximum Gasteiger partial charge on any atom is 0.272 e. The average Bonchev–Trinajstić information content (AvgIpc) is 3.11. The Kier molecular flexibility index (Phi) is 3.30. The summed E-state index contributed by atoms with van der Waals surface area (Å²) in [5.41, 5.74) is 5.03. The fraction of sp³-hybridized carbons (Fsp3) is 0.167. The van der Waals surface area contributed by atoms with Crippen molar-refractivity contribution in [1.29, 1.82) is 0 Å². The number of rotatable bonds is 3. The van der Waals surface area contributed by atoms with E-state index in [0.29, 0.717) is 18.0 Å². The molecule has 0 spiro atoms. The lowest BCUT2D eigenvalue weighted by Gasteiger charge is -2.04. The van der Waals surface area contributed by atoms with Gasteiger partial charge in [-0.3, -0.25) is 5.21 Å². The van der Waals surface area contributed by atoms with Gasteiger partial charge < -0.3 is 9.09 Å². The molecule has 1 aromatic carbocycles. The number of hydrogen-bond donors (Lipinski definition) is 1. The van der Waals surface area contributed by atoms with Crippen LogP contribution in [0.2, 0.25) is 0 Å². The minimum atomic E-state index is 0.633. The van der Waals surface area contributed by atoms with Crippen LogP contribution in [0, 0.1) is 13.8 Å². The molecule has 0 aliphatic heterocycles. The van der Waals surface area contributed by atoms with Gasteiger partial charge in [-0.1, -0.05) is 35.5 Å². The predicted molar refractivity (Wildman–Crippen MR) is 87.6 cm³/mol. The number of fused-ring (bicyclic) bond motifs is 1. The third kappa shape index (κ3) is 2.32. The Bertz CT molecular complexity index is 999. The van der Waals surface area contributed by atoms with E-state index in [-0.39, 0.29) is 0 Å². The zero-order valence-corrected chi connectivity index (χ0v) is 13.5. The predicted octanol–water partition coefficient (Wildman–Crippen LogP) is 2.88. The number of aryl methyl sites for hydroxylation is 2. The molecule has 4 rings (SSSR count). The van der Waals surface area contributed by atoms with E-state index in [4.69, 9.17) is 4.52 Å². The minimum Gasteiger partial charge on any atom is -0.361 e. The molecule has 0 aliphatic rings. The molecule has 3 heterocycles. The van der Waals surface area contributed by atoms with Gasteiger partial charge in [0.05, 0.1) is 17.5 Å². The first kappa shape index (κ1) is 14.4. The molecule has 3 aromatic heterocycles. The summed E-state index contributed by atoms with van der Waals surface area (Å²) in [7, 11) is 0. The molecule has 120 valence electrons. The van der Waals surface area contributed by atoms with Crippen LogP contribution in [0.4, 0.5) is 0 Å². The Morgan fingerprint density at radius 3 is 2.71 bits per heavy atom. The molecule has 0 fully saturated rings. The third-order valence-corrected chi connectivity index (χ3v) is 4.16. The van der Waals surface area contributed by atoms with E-state index in [9.17, 15) is 5.21 Å². The van der Waals surface area contributed by atoms with Gasteiger partial charge in [0.2, 0.25) is 0 Å². The molecule has 4 aromatic rings. The normalized spacial score (nSPS) is 11.2. The monoisotopic (exact) mass is 321 g/mol. The van der Waals surface area contributed by atoms with Crippen LogP contribution in [0.1, 0.15) is 17.0 Å². The van der Waals surface area contributed by atoms with Crippen molar-refractivity contribution in [3.63, 3.8) is 0 Å². The lowest BCUT2D eigenvalue weighted by molar-refractivity contribution is -0.895. The molecule has 0 bridgehead atoms. The van der Waals surface area contributed by atoms with E-state index in [1.807, 2.05) is 38.1 Å². The van der Waals surface area contributed by atoms with Crippen LogP contribution in [0.3, 0.4) is 0 Å². The highest BCUT2D eigenvalue weighted by Crippen LogP contribution is 2.26. The van der Waals surface area contributed by atoms with Crippen molar-refractivity contribution < 1.29 is 14.5 Å². The van der Waals surface area contributed by atoms with E-state index in [1.54, 1.807) is 12.5 Å². The molecule has 0 aliphatic carbocycles. The topological polar surface area (TPSA) is 68.0 Å². The highest BCUT2D eigenvalue weighted by atomic mass is 16.5. The van der Waals surface area contributed by atoms with Gasteiger partial charge in [0.15, 0.2) is 5.52 Å². The lowest BCUT2D eigenvalue weighted by atomic mass is 10.1. The minimum absolute atomic E-state index is 0.633. The molecular weight excluding hydrogens is 304 g/mol. The van der Waals surface area contributed by atoms with Gasteiger partial charge >= 0.3 is 0 Å². The standard InChI is InChI=1S/C18H17N4O2/c1-12-18(13(2)24-20-12)17-8-16-15(10-22(17)23)19-11-21(16)9-14-6-4-3-5-7-14/h3-8,10-11,23H,9H2,1-2H3/q+1. The highest BCUT2D eigenvalue weighted by molar-refractivity contribution is 5.78. The molecule has 0 atom stereocenters. The highest BCUT2D eigenvalue weighted by Gasteiger charge is 2.24. The van der Waals surface area contributed by atoms with E-state index in [1.165, 1.54) is 5.56 Å². The smallest absolute Gasteiger partial charge is 0.272 e. The van der Waals surface area contributed by atoms with E-state index in [2.05, 4.69) is 26.8 Å². The number of hydrogen-bond acceptors (Lipinski definition) is 4. The first-order valence-electron chi connectivity index (χ1n) is 7.70. The molecule has 0 saturated heterocycles. The maximum absolute atomic E-state index is 10.3. The quantitative estimate of drug-likeness (QED) is 0.465. The first-order chi connectivity index (χ1) is 11.6. The second kappa shape index (κ2) is 5.49. The van der Waals surface area contributed by atoms with Crippen molar-refractivity contribution in [2.75, 3.05) is 0 Å². The van der Waals surface area contributed by atoms with Crippen molar-refractivity contribution in [2.45, 2.75) is 20.4 Å². The molecule has 0 amide bonds. The van der Waals surface area contributed by atoms with Gasteiger partial charge in [0, 0.05) is 17.3 Å². The van der Waals surface area contributed by atoms with Crippen molar-refractivity contribution in [1.82, 2.24) is 14.7 Å². The second-order valence-corrected chi connectivity index (χ2v) is 5.83. The summed E-state index contributed by atoms with van der Waals surface area (Å²) in [5, 5.41) is 14.3. The summed E-state index contributed by atoms with van der Waals surface area (Å²) in [6.07, 6.45) is 3.40.